The lowest BCUT2D eigenvalue weighted by Crippen LogP contribution is -2.54. The number of piperidine rings is 1. The number of carboxylic acids is 1. The van der Waals surface area contributed by atoms with E-state index in [9.17, 15) is 23.1 Å². The van der Waals surface area contributed by atoms with Crippen molar-refractivity contribution in [2.75, 3.05) is 6.54 Å². The first-order valence-electron chi connectivity index (χ1n) is 7.63. The number of aromatic nitrogens is 1. The van der Waals surface area contributed by atoms with E-state index in [-0.39, 0.29) is 16.3 Å². The molecular formula is C14H21N3O6S. The molecule has 24 heavy (non-hydrogen) atoms. The second-order valence-corrected chi connectivity index (χ2v) is 7.53. The van der Waals surface area contributed by atoms with Gasteiger partial charge < -0.3 is 14.5 Å². The monoisotopic (exact) mass is 359 g/mol. The van der Waals surface area contributed by atoms with Crippen molar-refractivity contribution in [1.29, 1.82) is 0 Å². The highest BCUT2D eigenvalue weighted by atomic mass is 32.2. The molecular weight excluding hydrogens is 338 g/mol. The van der Waals surface area contributed by atoms with Crippen molar-refractivity contribution >= 4 is 21.9 Å². The summed E-state index contributed by atoms with van der Waals surface area (Å²) in [4.78, 5) is 25.0. The number of likely N-dealkylation sites (tertiary alicyclic amines) is 1. The number of hydrogen-bond donors (Lipinski definition) is 2. The molecule has 1 amide bonds. The first-order valence-corrected chi connectivity index (χ1v) is 9.12. The summed E-state index contributed by atoms with van der Waals surface area (Å²) in [6.45, 7) is 4.65. The maximum absolute atomic E-state index is 12.5. The molecule has 1 aliphatic rings. The largest absolute Gasteiger partial charge is 0.480 e. The van der Waals surface area contributed by atoms with Gasteiger partial charge in [0.05, 0.1) is 6.04 Å². The van der Waals surface area contributed by atoms with Gasteiger partial charge in [0.15, 0.2) is 5.76 Å². The minimum absolute atomic E-state index is 0.101. The van der Waals surface area contributed by atoms with Crippen molar-refractivity contribution in [2.24, 2.45) is 0 Å². The van der Waals surface area contributed by atoms with Crippen LogP contribution in [0.15, 0.2) is 9.42 Å². The topological polar surface area (TPSA) is 130 Å². The van der Waals surface area contributed by atoms with Crippen molar-refractivity contribution in [2.45, 2.75) is 57.0 Å². The van der Waals surface area contributed by atoms with E-state index < -0.39 is 34.0 Å². The van der Waals surface area contributed by atoms with E-state index in [1.165, 1.54) is 25.7 Å². The first kappa shape index (κ1) is 18.4. The van der Waals surface area contributed by atoms with E-state index in [2.05, 4.69) is 9.88 Å². The minimum atomic E-state index is -4.00. The third-order valence-corrected chi connectivity index (χ3v) is 5.79. The SMILES string of the molecule is Cc1noc(C)c1S(=O)(=O)NC(C)C(=O)N1CCCCC1C(=O)O. The lowest BCUT2D eigenvalue weighted by molar-refractivity contribution is -0.152. The van der Waals surface area contributed by atoms with E-state index >= 15 is 0 Å². The molecule has 1 fully saturated rings. The molecule has 0 aliphatic carbocycles. The molecule has 2 N–H and O–H groups in total. The van der Waals surface area contributed by atoms with Gasteiger partial charge in [-0.25, -0.2) is 13.2 Å². The van der Waals surface area contributed by atoms with E-state index in [0.717, 1.165) is 6.42 Å². The molecule has 2 atom stereocenters. The Morgan fingerprint density at radius 1 is 1.38 bits per heavy atom. The van der Waals surface area contributed by atoms with Gasteiger partial charge >= 0.3 is 5.97 Å². The summed E-state index contributed by atoms with van der Waals surface area (Å²) >= 11 is 0. The number of carbonyl (C=O) groups is 2. The third kappa shape index (κ3) is 3.59. The molecule has 2 heterocycles. The molecule has 134 valence electrons. The van der Waals surface area contributed by atoms with Crippen LogP contribution in [-0.2, 0) is 19.6 Å². The second-order valence-electron chi connectivity index (χ2n) is 5.88. The number of amides is 1. The summed E-state index contributed by atoms with van der Waals surface area (Å²) in [5.74, 6) is -1.51. The Balaban J connectivity index is 2.18. The number of aryl methyl sites for hydroxylation is 2. The van der Waals surface area contributed by atoms with Gasteiger partial charge in [0.1, 0.15) is 16.6 Å². The molecule has 2 rings (SSSR count). The molecule has 1 saturated heterocycles. The normalized spacial score (nSPS) is 20.0. The highest BCUT2D eigenvalue weighted by Crippen LogP contribution is 2.21. The van der Waals surface area contributed by atoms with Crippen LogP contribution in [0.5, 0.6) is 0 Å². The molecule has 1 aromatic heterocycles. The van der Waals surface area contributed by atoms with E-state index in [4.69, 9.17) is 4.52 Å². The average molecular weight is 359 g/mol. The number of hydrogen-bond acceptors (Lipinski definition) is 6. The summed E-state index contributed by atoms with van der Waals surface area (Å²) in [6.07, 6.45) is 1.78. The Morgan fingerprint density at radius 3 is 2.58 bits per heavy atom. The molecule has 10 heteroatoms. The molecule has 1 aliphatic heterocycles. The standard InChI is InChI=1S/C14H21N3O6S/c1-8-12(10(3)23-15-8)24(21,22)16-9(2)13(18)17-7-5-4-6-11(17)14(19)20/h9,11,16H,4-7H2,1-3H3,(H,19,20). The van der Waals surface area contributed by atoms with Gasteiger partial charge in [-0.3, -0.25) is 4.79 Å². The number of nitrogens with zero attached hydrogens (tertiary/aromatic N) is 2. The van der Waals surface area contributed by atoms with Crippen LogP contribution in [-0.4, -0.2) is 54.1 Å². The van der Waals surface area contributed by atoms with Crippen LogP contribution in [0.2, 0.25) is 0 Å². The fraction of sp³-hybridized carbons (Fsp3) is 0.643. The average Bonchev–Trinajstić information content (AvgIpc) is 2.85. The molecule has 9 nitrogen and oxygen atoms in total. The Kier molecular flexibility index (Phi) is 5.29. The Bertz CT molecular complexity index is 722. The van der Waals surface area contributed by atoms with Crippen LogP contribution in [0.25, 0.3) is 0 Å². The van der Waals surface area contributed by atoms with Gasteiger partial charge in [-0.05, 0) is 40.0 Å². The fourth-order valence-corrected chi connectivity index (χ4v) is 4.43. The molecule has 0 bridgehead atoms. The number of nitrogens with one attached hydrogen (secondary N) is 1. The summed E-state index contributed by atoms with van der Waals surface area (Å²) in [7, 11) is -4.00. The quantitative estimate of drug-likeness (QED) is 0.779. The van der Waals surface area contributed by atoms with Crippen molar-refractivity contribution < 1.29 is 27.6 Å². The summed E-state index contributed by atoms with van der Waals surface area (Å²) in [5.41, 5.74) is 0.195. The number of carbonyl (C=O) groups excluding carboxylic acids is 1. The zero-order valence-electron chi connectivity index (χ0n) is 13.8. The zero-order chi connectivity index (χ0) is 18.1. The van der Waals surface area contributed by atoms with Crippen molar-refractivity contribution in [3.8, 4) is 0 Å². The van der Waals surface area contributed by atoms with Crippen LogP contribution in [0.4, 0.5) is 0 Å². The predicted octanol–water partition coefficient (Wildman–Crippen LogP) is 0.424. The van der Waals surface area contributed by atoms with Gasteiger partial charge in [-0.1, -0.05) is 5.16 Å². The van der Waals surface area contributed by atoms with E-state index in [0.29, 0.717) is 19.4 Å². The number of aliphatic carboxylic acids is 1. The molecule has 0 radical (unpaired) electrons. The van der Waals surface area contributed by atoms with E-state index in [1.54, 1.807) is 0 Å². The van der Waals surface area contributed by atoms with Crippen LogP contribution in [0, 0.1) is 13.8 Å². The van der Waals surface area contributed by atoms with Crippen molar-refractivity contribution in [1.82, 2.24) is 14.8 Å². The number of sulfonamides is 1. The maximum Gasteiger partial charge on any atom is 0.326 e. The highest BCUT2D eigenvalue weighted by Gasteiger charge is 2.36. The molecule has 1 aromatic rings. The lowest BCUT2D eigenvalue weighted by atomic mass is 10.0. The third-order valence-electron chi connectivity index (χ3n) is 4.01. The van der Waals surface area contributed by atoms with Gasteiger partial charge in [-0.15, -0.1) is 0 Å². The molecule has 0 aromatic carbocycles. The van der Waals surface area contributed by atoms with Crippen LogP contribution in [0.1, 0.15) is 37.6 Å². The fourth-order valence-electron chi connectivity index (χ4n) is 2.90. The van der Waals surface area contributed by atoms with Crippen molar-refractivity contribution in [3.05, 3.63) is 11.5 Å². The van der Waals surface area contributed by atoms with Gasteiger partial charge in [0.25, 0.3) is 0 Å². The minimum Gasteiger partial charge on any atom is -0.480 e. The summed E-state index contributed by atoms with van der Waals surface area (Å²) in [6, 6.07) is -2.01. The van der Waals surface area contributed by atoms with E-state index in [1.807, 2.05) is 0 Å². The van der Waals surface area contributed by atoms with Crippen molar-refractivity contribution in [3.63, 3.8) is 0 Å². The van der Waals surface area contributed by atoms with Gasteiger partial charge in [-0.2, -0.15) is 4.72 Å². The Hall–Kier alpha value is -1.94. The van der Waals surface area contributed by atoms with Gasteiger partial charge in [0.2, 0.25) is 15.9 Å². The van der Waals surface area contributed by atoms with Crippen LogP contribution in [0.3, 0.4) is 0 Å². The highest BCUT2D eigenvalue weighted by molar-refractivity contribution is 7.89. The summed E-state index contributed by atoms with van der Waals surface area (Å²) < 4.78 is 32.0. The first-order chi connectivity index (χ1) is 11.1. The summed E-state index contributed by atoms with van der Waals surface area (Å²) in [5, 5.41) is 12.8. The lowest BCUT2D eigenvalue weighted by Gasteiger charge is -2.34. The maximum atomic E-state index is 12.5. The van der Waals surface area contributed by atoms with Crippen LogP contribution < -0.4 is 4.72 Å². The molecule has 0 spiro atoms. The number of carboxylic acid groups (broad SMARTS) is 1. The zero-order valence-corrected chi connectivity index (χ0v) is 14.6. The Morgan fingerprint density at radius 2 is 2.04 bits per heavy atom. The predicted molar refractivity (Wildman–Crippen MR) is 82.7 cm³/mol. The smallest absolute Gasteiger partial charge is 0.326 e. The Labute approximate surface area is 140 Å². The molecule has 0 saturated carbocycles. The second kappa shape index (κ2) is 6.89. The van der Waals surface area contributed by atoms with Gasteiger partial charge in [0, 0.05) is 6.54 Å². The number of rotatable bonds is 5. The van der Waals surface area contributed by atoms with Crippen LogP contribution >= 0.6 is 0 Å². The molecule has 2 unspecified atom stereocenters.